The van der Waals surface area contributed by atoms with Crippen molar-refractivity contribution >= 4 is 11.0 Å². The van der Waals surface area contributed by atoms with Crippen LogP contribution in [0.5, 0.6) is 0 Å². The molecule has 0 saturated carbocycles. The van der Waals surface area contributed by atoms with E-state index < -0.39 is 6.10 Å². The fourth-order valence-electron chi connectivity index (χ4n) is 2.12. The van der Waals surface area contributed by atoms with E-state index in [-0.39, 0.29) is 0 Å². The number of benzene rings is 1. The van der Waals surface area contributed by atoms with E-state index in [1.165, 1.54) is 0 Å². The Morgan fingerprint density at radius 1 is 1.42 bits per heavy atom. The molecule has 2 unspecified atom stereocenters. The van der Waals surface area contributed by atoms with Crippen molar-refractivity contribution in [3.63, 3.8) is 0 Å². The lowest BCUT2D eigenvalue weighted by atomic mass is 10.1. The van der Waals surface area contributed by atoms with Crippen molar-refractivity contribution in [2.75, 3.05) is 6.54 Å². The van der Waals surface area contributed by atoms with Crippen molar-refractivity contribution in [3.05, 3.63) is 29.6 Å². The first kappa shape index (κ1) is 14.0. The molecule has 2 rings (SSSR count). The first-order valence-electron chi connectivity index (χ1n) is 6.87. The number of aliphatic hydroxyl groups excluding tert-OH is 1. The van der Waals surface area contributed by atoms with Gasteiger partial charge >= 0.3 is 0 Å². The molecule has 0 aliphatic heterocycles. The molecular weight excluding hydrogens is 238 g/mol. The van der Waals surface area contributed by atoms with E-state index in [0.717, 1.165) is 28.8 Å². The molecule has 0 saturated heterocycles. The Morgan fingerprint density at radius 2 is 2.16 bits per heavy atom. The second-order valence-corrected chi connectivity index (χ2v) is 5.20. The van der Waals surface area contributed by atoms with Crippen molar-refractivity contribution < 1.29 is 5.11 Å². The summed E-state index contributed by atoms with van der Waals surface area (Å²) in [5.74, 6) is 0.986. The maximum Gasteiger partial charge on any atom is 0.106 e. The standard InChI is InChI=1S/C15H23N3O/c1-5-10(2)16-9-15(19)12-6-7-14-13(8-12)17-11(3)18(14)4/h6-8,10,15-16,19H,5,9H2,1-4H3. The van der Waals surface area contributed by atoms with E-state index >= 15 is 0 Å². The van der Waals surface area contributed by atoms with Crippen molar-refractivity contribution in [2.24, 2.45) is 7.05 Å². The van der Waals surface area contributed by atoms with Gasteiger partial charge in [0.15, 0.2) is 0 Å². The highest BCUT2D eigenvalue weighted by Crippen LogP contribution is 2.20. The van der Waals surface area contributed by atoms with E-state index in [4.69, 9.17) is 0 Å². The minimum atomic E-state index is -0.485. The molecule has 0 fully saturated rings. The summed E-state index contributed by atoms with van der Waals surface area (Å²) in [5.41, 5.74) is 2.96. The number of nitrogens with zero attached hydrogens (tertiary/aromatic N) is 2. The number of nitrogens with one attached hydrogen (secondary N) is 1. The zero-order chi connectivity index (χ0) is 14.0. The fourth-order valence-corrected chi connectivity index (χ4v) is 2.12. The molecule has 2 atom stereocenters. The Bertz CT molecular complexity index is 562. The Hall–Kier alpha value is -1.39. The Morgan fingerprint density at radius 3 is 2.84 bits per heavy atom. The Balaban J connectivity index is 2.16. The van der Waals surface area contributed by atoms with Gasteiger partial charge in [-0.15, -0.1) is 0 Å². The Kier molecular flexibility index (Phi) is 4.22. The third-order valence-electron chi connectivity index (χ3n) is 3.79. The van der Waals surface area contributed by atoms with Gasteiger partial charge in [0.2, 0.25) is 0 Å². The van der Waals surface area contributed by atoms with Crippen LogP contribution in [-0.2, 0) is 7.05 Å². The van der Waals surface area contributed by atoms with Crippen LogP contribution in [0.4, 0.5) is 0 Å². The van der Waals surface area contributed by atoms with Crippen LogP contribution in [0.1, 0.15) is 37.8 Å². The molecule has 104 valence electrons. The van der Waals surface area contributed by atoms with Crippen molar-refractivity contribution in [2.45, 2.75) is 39.3 Å². The van der Waals surface area contributed by atoms with E-state index in [1.54, 1.807) is 0 Å². The molecule has 4 nitrogen and oxygen atoms in total. The summed E-state index contributed by atoms with van der Waals surface area (Å²) in [7, 11) is 2.01. The number of rotatable bonds is 5. The molecule has 0 amide bonds. The fraction of sp³-hybridized carbons (Fsp3) is 0.533. The molecule has 0 radical (unpaired) electrons. The van der Waals surface area contributed by atoms with Crippen LogP contribution < -0.4 is 5.32 Å². The lowest BCUT2D eigenvalue weighted by Gasteiger charge is -2.16. The zero-order valence-corrected chi connectivity index (χ0v) is 12.1. The number of aromatic nitrogens is 2. The number of hydrogen-bond acceptors (Lipinski definition) is 3. The van der Waals surface area contributed by atoms with Crippen molar-refractivity contribution in [1.29, 1.82) is 0 Å². The normalized spacial score (nSPS) is 14.8. The van der Waals surface area contributed by atoms with Crippen molar-refractivity contribution in [1.82, 2.24) is 14.9 Å². The average molecular weight is 261 g/mol. The predicted octanol–water partition coefficient (Wildman–Crippen LogP) is 2.30. The van der Waals surface area contributed by atoms with Crippen molar-refractivity contribution in [3.8, 4) is 0 Å². The molecular formula is C15H23N3O. The van der Waals surface area contributed by atoms with Gasteiger partial charge in [0.1, 0.15) is 5.82 Å². The smallest absolute Gasteiger partial charge is 0.106 e. The maximum atomic E-state index is 10.2. The summed E-state index contributed by atoms with van der Waals surface area (Å²) in [5, 5.41) is 13.5. The summed E-state index contributed by atoms with van der Waals surface area (Å²) in [6.45, 7) is 6.82. The molecule has 4 heteroatoms. The molecule has 19 heavy (non-hydrogen) atoms. The predicted molar refractivity (Wildman–Crippen MR) is 78.2 cm³/mol. The van der Waals surface area contributed by atoms with Gasteiger partial charge in [-0.3, -0.25) is 0 Å². The van der Waals surface area contributed by atoms with Gasteiger partial charge in [0.25, 0.3) is 0 Å². The van der Waals surface area contributed by atoms with Gasteiger partial charge in [0.05, 0.1) is 17.1 Å². The third-order valence-corrected chi connectivity index (χ3v) is 3.79. The van der Waals surface area contributed by atoms with Gasteiger partial charge in [-0.25, -0.2) is 4.98 Å². The van der Waals surface area contributed by atoms with Crippen LogP contribution in [0.3, 0.4) is 0 Å². The lowest BCUT2D eigenvalue weighted by Crippen LogP contribution is -2.29. The molecule has 0 aliphatic rings. The zero-order valence-electron chi connectivity index (χ0n) is 12.1. The van der Waals surface area contributed by atoms with Crippen LogP contribution in [0.25, 0.3) is 11.0 Å². The summed E-state index contributed by atoms with van der Waals surface area (Å²) >= 11 is 0. The second-order valence-electron chi connectivity index (χ2n) is 5.20. The number of aryl methyl sites for hydroxylation is 2. The van der Waals surface area contributed by atoms with E-state index in [2.05, 4.69) is 28.7 Å². The monoisotopic (exact) mass is 261 g/mol. The number of aliphatic hydroxyl groups is 1. The molecule has 2 aromatic rings. The summed E-state index contributed by atoms with van der Waals surface area (Å²) in [6, 6.07) is 6.41. The highest BCUT2D eigenvalue weighted by molar-refractivity contribution is 5.76. The summed E-state index contributed by atoms with van der Waals surface area (Å²) < 4.78 is 2.06. The first-order valence-corrected chi connectivity index (χ1v) is 6.87. The van der Waals surface area contributed by atoms with Gasteiger partial charge in [-0.2, -0.15) is 0 Å². The molecule has 0 spiro atoms. The van der Waals surface area contributed by atoms with Gasteiger partial charge in [-0.05, 0) is 38.0 Å². The molecule has 0 aliphatic carbocycles. The molecule has 1 aromatic carbocycles. The van der Waals surface area contributed by atoms with E-state index in [9.17, 15) is 5.11 Å². The number of imidazole rings is 1. The van der Waals surface area contributed by atoms with E-state index in [1.807, 2.05) is 32.2 Å². The largest absolute Gasteiger partial charge is 0.387 e. The highest BCUT2D eigenvalue weighted by Gasteiger charge is 2.11. The van der Waals surface area contributed by atoms with Crippen LogP contribution >= 0.6 is 0 Å². The topological polar surface area (TPSA) is 50.1 Å². The van der Waals surface area contributed by atoms with Gasteiger partial charge in [-0.1, -0.05) is 13.0 Å². The summed E-state index contributed by atoms with van der Waals surface area (Å²) in [4.78, 5) is 4.50. The van der Waals surface area contributed by atoms with Crippen LogP contribution in [0, 0.1) is 6.92 Å². The van der Waals surface area contributed by atoms with Crippen LogP contribution in [0.2, 0.25) is 0 Å². The number of hydrogen-bond donors (Lipinski definition) is 2. The quantitative estimate of drug-likeness (QED) is 0.868. The van der Waals surface area contributed by atoms with Crippen LogP contribution in [0.15, 0.2) is 18.2 Å². The lowest BCUT2D eigenvalue weighted by molar-refractivity contribution is 0.170. The molecule has 1 aromatic heterocycles. The third kappa shape index (κ3) is 2.96. The van der Waals surface area contributed by atoms with E-state index in [0.29, 0.717) is 12.6 Å². The molecule has 0 bridgehead atoms. The highest BCUT2D eigenvalue weighted by atomic mass is 16.3. The average Bonchev–Trinajstić information content (AvgIpc) is 2.70. The minimum Gasteiger partial charge on any atom is -0.387 e. The van der Waals surface area contributed by atoms with Gasteiger partial charge in [0, 0.05) is 19.6 Å². The number of fused-ring (bicyclic) bond motifs is 1. The van der Waals surface area contributed by atoms with Gasteiger partial charge < -0.3 is 15.0 Å². The Labute approximate surface area is 114 Å². The second kappa shape index (κ2) is 5.72. The SMILES string of the molecule is CCC(C)NCC(O)c1ccc2c(c1)nc(C)n2C. The molecule has 2 N–H and O–H groups in total. The first-order chi connectivity index (χ1) is 9.02. The molecule has 1 heterocycles. The maximum absolute atomic E-state index is 10.2. The minimum absolute atomic E-state index is 0.426. The summed E-state index contributed by atoms with van der Waals surface area (Å²) in [6.07, 6.45) is 0.575. The van der Waals surface area contributed by atoms with Crippen LogP contribution in [-0.4, -0.2) is 27.2 Å².